The average molecular weight is 359 g/mol. The fourth-order valence-corrected chi connectivity index (χ4v) is 2.66. The number of hydrogen-bond acceptors (Lipinski definition) is 4. The third-order valence-electron chi connectivity index (χ3n) is 4.44. The predicted octanol–water partition coefficient (Wildman–Crippen LogP) is 4.90. The van der Waals surface area contributed by atoms with Crippen molar-refractivity contribution in [1.82, 2.24) is 4.98 Å². The lowest BCUT2D eigenvalue weighted by atomic mass is 10.1. The second kappa shape index (κ2) is 7.83. The van der Waals surface area contributed by atoms with Gasteiger partial charge in [0, 0.05) is 28.7 Å². The molecule has 0 fully saturated rings. The molecule has 2 N–H and O–H groups in total. The van der Waals surface area contributed by atoms with Crippen LogP contribution in [0.2, 0.25) is 0 Å². The Morgan fingerprint density at radius 1 is 0.926 bits per heavy atom. The molecule has 0 aliphatic heterocycles. The molecular weight excluding hydrogens is 338 g/mol. The molecule has 0 aliphatic rings. The monoisotopic (exact) mass is 359 g/mol. The van der Waals surface area contributed by atoms with Gasteiger partial charge in [0.05, 0.1) is 0 Å². The summed E-state index contributed by atoms with van der Waals surface area (Å²) in [6.45, 7) is 5.60. The number of carbonyl (C=O) groups excluding carboxylic acids is 2. The molecule has 5 heteroatoms. The molecule has 2 aromatic carbocycles. The zero-order valence-corrected chi connectivity index (χ0v) is 15.5. The summed E-state index contributed by atoms with van der Waals surface area (Å²) < 4.78 is 0. The molecule has 0 radical (unpaired) electrons. The number of anilines is 3. The first kappa shape index (κ1) is 18.3. The molecule has 0 atom stereocenters. The summed E-state index contributed by atoms with van der Waals surface area (Å²) in [5, 5.41) is 6.09. The second-order valence-corrected chi connectivity index (χ2v) is 6.39. The first-order valence-corrected chi connectivity index (χ1v) is 8.65. The topological polar surface area (TPSA) is 71.1 Å². The number of ketones is 1. The maximum absolute atomic E-state index is 12.5. The predicted molar refractivity (Wildman–Crippen MR) is 108 cm³/mol. The van der Waals surface area contributed by atoms with E-state index in [1.165, 1.54) is 12.5 Å². The summed E-state index contributed by atoms with van der Waals surface area (Å²) in [5.41, 5.74) is 5.01. The average Bonchev–Trinajstić information content (AvgIpc) is 2.66. The van der Waals surface area contributed by atoms with Crippen molar-refractivity contribution >= 4 is 28.9 Å². The number of Topliss-reactive ketones (excluding diaryl/α,β-unsaturated/α-hetero) is 1. The van der Waals surface area contributed by atoms with Crippen LogP contribution in [-0.4, -0.2) is 16.7 Å². The van der Waals surface area contributed by atoms with E-state index in [0.29, 0.717) is 22.6 Å². The Kier molecular flexibility index (Phi) is 5.31. The lowest BCUT2D eigenvalue weighted by molar-refractivity contribution is 0.101. The second-order valence-electron chi connectivity index (χ2n) is 6.39. The van der Waals surface area contributed by atoms with E-state index >= 15 is 0 Å². The molecular formula is C22H21N3O2. The van der Waals surface area contributed by atoms with Gasteiger partial charge in [-0.05, 0) is 74.4 Å². The van der Waals surface area contributed by atoms with Gasteiger partial charge in [-0.25, -0.2) is 4.98 Å². The number of aromatic nitrogens is 1. The van der Waals surface area contributed by atoms with E-state index in [1.54, 1.807) is 42.6 Å². The summed E-state index contributed by atoms with van der Waals surface area (Å²) in [7, 11) is 0. The Bertz CT molecular complexity index is 995. The van der Waals surface area contributed by atoms with Crippen molar-refractivity contribution in [3.8, 4) is 0 Å². The van der Waals surface area contributed by atoms with Crippen LogP contribution in [0.15, 0.2) is 60.8 Å². The van der Waals surface area contributed by atoms with Crippen LogP contribution in [0.3, 0.4) is 0 Å². The minimum absolute atomic E-state index is 0.0100. The van der Waals surface area contributed by atoms with Crippen LogP contribution >= 0.6 is 0 Å². The Morgan fingerprint density at radius 3 is 2.37 bits per heavy atom. The third-order valence-corrected chi connectivity index (χ3v) is 4.44. The minimum Gasteiger partial charge on any atom is -0.340 e. The smallest absolute Gasteiger partial charge is 0.255 e. The maximum Gasteiger partial charge on any atom is 0.255 e. The Labute approximate surface area is 158 Å². The van der Waals surface area contributed by atoms with Crippen molar-refractivity contribution in [2.75, 3.05) is 10.6 Å². The number of nitrogens with zero attached hydrogens (tertiary/aromatic N) is 1. The molecule has 1 amide bonds. The van der Waals surface area contributed by atoms with Crippen LogP contribution in [0.5, 0.6) is 0 Å². The number of rotatable bonds is 5. The van der Waals surface area contributed by atoms with Crippen molar-refractivity contribution in [2.45, 2.75) is 20.8 Å². The van der Waals surface area contributed by atoms with Crippen molar-refractivity contribution < 1.29 is 9.59 Å². The lowest BCUT2D eigenvalue weighted by Gasteiger charge is -2.12. The van der Waals surface area contributed by atoms with Crippen LogP contribution in [0.25, 0.3) is 0 Å². The van der Waals surface area contributed by atoms with Crippen LogP contribution < -0.4 is 10.6 Å². The Hall–Kier alpha value is -3.47. The highest BCUT2D eigenvalue weighted by atomic mass is 16.1. The molecule has 0 spiro atoms. The molecule has 3 rings (SSSR count). The molecule has 136 valence electrons. The first-order valence-electron chi connectivity index (χ1n) is 8.65. The van der Waals surface area contributed by atoms with Gasteiger partial charge in [0.15, 0.2) is 5.78 Å². The number of nitrogens with one attached hydrogen (secondary N) is 2. The Morgan fingerprint density at radius 2 is 1.67 bits per heavy atom. The van der Waals surface area contributed by atoms with E-state index < -0.39 is 0 Å². The zero-order chi connectivity index (χ0) is 19.4. The molecule has 1 aromatic heterocycles. The zero-order valence-electron chi connectivity index (χ0n) is 15.5. The van der Waals surface area contributed by atoms with Gasteiger partial charge in [-0.3, -0.25) is 9.59 Å². The summed E-state index contributed by atoms with van der Waals surface area (Å²) in [6, 6.07) is 16.2. The molecule has 0 bridgehead atoms. The lowest BCUT2D eigenvalue weighted by Crippen LogP contribution is -2.12. The van der Waals surface area contributed by atoms with E-state index in [9.17, 15) is 9.59 Å². The van der Waals surface area contributed by atoms with Crippen LogP contribution in [0, 0.1) is 13.8 Å². The van der Waals surface area contributed by atoms with E-state index in [1.807, 2.05) is 19.1 Å². The number of benzene rings is 2. The first-order chi connectivity index (χ1) is 12.9. The highest BCUT2D eigenvalue weighted by molar-refractivity contribution is 6.05. The van der Waals surface area contributed by atoms with E-state index in [0.717, 1.165) is 11.3 Å². The highest BCUT2D eigenvalue weighted by Gasteiger charge is 2.09. The minimum atomic E-state index is -0.239. The molecule has 27 heavy (non-hydrogen) atoms. The summed E-state index contributed by atoms with van der Waals surface area (Å²) in [4.78, 5) is 28.2. The Balaban J connectivity index is 1.75. The highest BCUT2D eigenvalue weighted by Crippen LogP contribution is 2.22. The number of pyridine rings is 1. The van der Waals surface area contributed by atoms with Gasteiger partial charge >= 0.3 is 0 Å². The number of carbonyl (C=O) groups is 2. The summed E-state index contributed by atoms with van der Waals surface area (Å²) >= 11 is 0. The summed E-state index contributed by atoms with van der Waals surface area (Å²) in [6.07, 6.45) is 1.60. The van der Waals surface area contributed by atoms with E-state index in [-0.39, 0.29) is 11.7 Å². The van der Waals surface area contributed by atoms with Crippen molar-refractivity contribution in [2.24, 2.45) is 0 Å². The maximum atomic E-state index is 12.5. The SMILES string of the molecule is CC(=O)c1ccc(NC(=O)c2ccnc(Nc3cccc(C)c3C)c2)cc1. The molecule has 0 aliphatic carbocycles. The van der Waals surface area contributed by atoms with Gasteiger partial charge in [0.2, 0.25) is 0 Å². The quantitative estimate of drug-likeness (QED) is 0.636. The number of hydrogen-bond donors (Lipinski definition) is 2. The van der Waals surface area contributed by atoms with Crippen molar-refractivity contribution in [3.05, 3.63) is 83.0 Å². The normalized spacial score (nSPS) is 10.3. The van der Waals surface area contributed by atoms with Gasteiger partial charge < -0.3 is 10.6 Å². The van der Waals surface area contributed by atoms with Gasteiger partial charge in [0.25, 0.3) is 5.91 Å². The van der Waals surface area contributed by atoms with Gasteiger partial charge in [-0.2, -0.15) is 0 Å². The van der Waals surface area contributed by atoms with E-state index in [2.05, 4.69) is 28.6 Å². The molecule has 0 saturated carbocycles. The molecule has 0 unspecified atom stereocenters. The van der Waals surface area contributed by atoms with Gasteiger partial charge in [-0.1, -0.05) is 12.1 Å². The number of amides is 1. The molecule has 5 nitrogen and oxygen atoms in total. The largest absolute Gasteiger partial charge is 0.340 e. The number of aryl methyl sites for hydroxylation is 1. The van der Waals surface area contributed by atoms with Crippen LogP contribution in [0.1, 0.15) is 38.8 Å². The van der Waals surface area contributed by atoms with Crippen molar-refractivity contribution in [3.63, 3.8) is 0 Å². The van der Waals surface area contributed by atoms with Crippen LogP contribution in [0.4, 0.5) is 17.2 Å². The van der Waals surface area contributed by atoms with E-state index in [4.69, 9.17) is 0 Å². The van der Waals surface area contributed by atoms with Crippen molar-refractivity contribution in [1.29, 1.82) is 0 Å². The van der Waals surface area contributed by atoms with Gasteiger partial charge in [0.1, 0.15) is 5.82 Å². The molecule has 3 aromatic rings. The standard InChI is InChI=1S/C22H21N3O2/c1-14-5-4-6-20(15(14)2)25-21-13-18(11-12-23-21)22(27)24-19-9-7-17(8-10-19)16(3)26/h4-13H,1-3H3,(H,23,25)(H,24,27). The fraction of sp³-hybridized carbons (Fsp3) is 0.136. The molecule has 0 saturated heterocycles. The molecule has 1 heterocycles. The summed E-state index contributed by atoms with van der Waals surface area (Å²) in [5.74, 6) is 0.351. The van der Waals surface area contributed by atoms with Crippen LogP contribution in [-0.2, 0) is 0 Å². The fourth-order valence-electron chi connectivity index (χ4n) is 2.66. The third kappa shape index (κ3) is 4.39. The van der Waals surface area contributed by atoms with Gasteiger partial charge in [-0.15, -0.1) is 0 Å².